The number of aromatic nitrogens is 1. The summed E-state index contributed by atoms with van der Waals surface area (Å²) in [6.07, 6.45) is 0.973. The molecule has 0 saturated carbocycles. The molecule has 0 aliphatic rings. The van der Waals surface area contributed by atoms with Gasteiger partial charge in [0.05, 0.1) is 4.90 Å². The van der Waals surface area contributed by atoms with Gasteiger partial charge in [-0.05, 0) is 0 Å². The van der Waals surface area contributed by atoms with Crippen LogP contribution in [0.4, 0.5) is 0 Å². The minimum Gasteiger partial charge on any atom is -0.494 e. The Morgan fingerprint density at radius 3 is 2.31 bits per heavy atom. The highest BCUT2D eigenvalue weighted by Crippen LogP contribution is 2.11. The van der Waals surface area contributed by atoms with E-state index in [1.54, 1.807) is 0 Å². The summed E-state index contributed by atoms with van der Waals surface area (Å²) in [6.45, 7) is 0. The molecule has 1 rings (SSSR count). The van der Waals surface area contributed by atoms with Crippen LogP contribution in [0.1, 0.15) is 0 Å². The average molecular weight is 203 g/mol. The average Bonchev–Trinajstić information content (AvgIpc) is 1.97. The summed E-state index contributed by atoms with van der Waals surface area (Å²) >= 11 is 0. The normalized spacial score (nSPS) is 11.5. The first-order valence-electron chi connectivity index (χ1n) is 3.42. The number of hydrogen-bond acceptors (Lipinski definition) is 4. The van der Waals surface area contributed by atoms with Gasteiger partial charge in [-0.1, -0.05) is 0 Å². The van der Waals surface area contributed by atoms with Gasteiger partial charge < -0.3 is 5.11 Å². The van der Waals surface area contributed by atoms with E-state index in [9.17, 15) is 13.2 Å². The van der Waals surface area contributed by atoms with Gasteiger partial charge in [0.25, 0.3) is 5.56 Å². The van der Waals surface area contributed by atoms with Crippen LogP contribution in [0.25, 0.3) is 0 Å². The molecule has 0 amide bonds. The molecule has 0 unspecified atom stereocenters. The summed E-state index contributed by atoms with van der Waals surface area (Å²) in [5.74, 6) is -0.368. The van der Waals surface area contributed by atoms with Crippen LogP contribution in [0.3, 0.4) is 0 Å². The maximum absolute atomic E-state index is 11.0. The first-order chi connectivity index (χ1) is 5.82. The molecule has 5 nitrogen and oxygen atoms in total. The van der Waals surface area contributed by atoms with E-state index in [2.05, 4.69) is 0 Å². The summed E-state index contributed by atoms with van der Waals surface area (Å²) in [4.78, 5) is 10.9. The highest BCUT2D eigenvalue weighted by molar-refractivity contribution is 7.90. The molecule has 0 aliphatic heterocycles. The molecule has 0 aliphatic carbocycles. The van der Waals surface area contributed by atoms with Gasteiger partial charge >= 0.3 is 0 Å². The zero-order chi connectivity index (χ0) is 10.2. The van der Waals surface area contributed by atoms with E-state index >= 15 is 0 Å². The smallest absolute Gasteiger partial charge is 0.254 e. The first kappa shape index (κ1) is 9.79. The van der Waals surface area contributed by atoms with Crippen molar-refractivity contribution >= 4 is 9.84 Å². The topological polar surface area (TPSA) is 76.4 Å². The maximum atomic E-state index is 11.0. The second kappa shape index (κ2) is 2.88. The Kier molecular flexibility index (Phi) is 2.17. The Morgan fingerprint density at radius 2 is 1.92 bits per heavy atom. The van der Waals surface area contributed by atoms with Gasteiger partial charge in [-0.2, -0.15) is 0 Å². The molecule has 6 heteroatoms. The lowest BCUT2D eigenvalue weighted by atomic mass is 10.4. The van der Waals surface area contributed by atoms with Crippen LogP contribution in [0, 0.1) is 0 Å². The molecule has 0 bridgehead atoms. The predicted molar refractivity (Wildman–Crippen MR) is 46.5 cm³/mol. The number of pyridine rings is 1. The van der Waals surface area contributed by atoms with Gasteiger partial charge in [0.2, 0.25) is 0 Å². The molecule has 1 aromatic heterocycles. The molecule has 1 heterocycles. The van der Waals surface area contributed by atoms with Gasteiger partial charge in [0, 0.05) is 25.4 Å². The van der Waals surface area contributed by atoms with Crippen LogP contribution in [0.2, 0.25) is 0 Å². The third-order valence-electron chi connectivity index (χ3n) is 1.64. The van der Waals surface area contributed by atoms with Crippen LogP contribution < -0.4 is 5.56 Å². The number of aromatic hydroxyl groups is 1. The van der Waals surface area contributed by atoms with Crippen LogP contribution >= 0.6 is 0 Å². The van der Waals surface area contributed by atoms with E-state index in [-0.39, 0.29) is 10.8 Å². The fraction of sp³-hybridized carbons (Fsp3) is 0.286. The molecule has 1 aromatic rings. The third-order valence-corrected chi connectivity index (χ3v) is 2.73. The Bertz CT molecular complexity index is 486. The molecule has 72 valence electrons. The summed E-state index contributed by atoms with van der Waals surface area (Å²) in [5, 5.41) is 9.14. The zero-order valence-corrected chi connectivity index (χ0v) is 8.00. The fourth-order valence-electron chi connectivity index (χ4n) is 0.811. The summed E-state index contributed by atoms with van der Waals surface area (Å²) < 4.78 is 22.9. The molecule has 0 saturated heterocycles. The Balaban J connectivity index is 3.56. The Hall–Kier alpha value is -1.30. The zero-order valence-electron chi connectivity index (χ0n) is 7.18. The molecule has 1 N–H and O–H groups in total. The Labute approximate surface area is 75.2 Å². The Morgan fingerprint density at radius 1 is 1.38 bits per heavy atom. The molecule has 13 heavy (non-hydrogen) atoms. The van der Waals surface area contributed by atoms with E-state index < -0.39 is 15.4 Å². The van der Waals surface area contributed by atoms with Crippen molar-refractivity contribution in [3.8, 4) is 5.88 Å². The van der Waals surface area contributed by atoms with Crippen molar-refractivity contribution in [2.45, 2.75) is 4.90 Å². The second-order valence-corrected chi connectivity index (χ2v) is 4.73. The summed E-state index contributed by atoms with van der Waals surface area (Å²) in [7, 11) is -2.09. The van der Waals surface area contributed by atoms with E-state index in [4.69, 9.17) is 5.11 Å². The van der Waals surface area contributed by atoms with Gasteiger partial charge in [-0.3, -0.25) is 9.36 Å². The van der Waals surface area contributed by atoms with Crippen molar-refractivity contribution in [2.75, 3.05) is 6.26 Å². The van der Waals surface area contributed by atoms with E-state index in [1.165, 1.54) is 7.05 Å². The van der Waals surface area contributed by atoms with Crippen LogP contribution in [-0.2, 0) is 16.9 Å². The number of hydrogen-bond donors (Lipinski definition) is 1. The second-order valence-electron chi connectivity index (χ2n) is 2.72. The van der Waals surface area contributed by atoms with Crippen molar-refractivity contribution in [1.29, 1.82) is 0 Å². The largest absolute Gasteiger partial charge is 0.494 e. The molecule has 0 aromatic carbocycles. The monoisotopic (exact) mass is 203 g/mol. The molecule has 0 spiro atoms. The van der Waals surface area contributed by atoms with Crippen molar-refractivity contribution in [2.24, 2.45) is 7.05 Å². The minimum absolute atomic E-state index is 0.173. The van der Waals surface area contributed by atoms with E-state index in [0.717, 1.165) is 23.0 Å². The van der Waals surface area contributed by atoms with Crippen molar-refractivity contribution in [3.05, 3.63) is 22.5 Å². The third kappa shape index (κ3) is 1.89. The fourth-order valence-corrected chi connectivity index (χ4v) is 1.45. The predicted octanol–water partition coefficient (Wildman–Crippen LogP) is -0.506. The lowest BCUT2D eigenvalue weighted by molar-refractivity contribution is 0.420. The summed E-state index contributed by atoms with van der Waals surface area (Å²) in [5.41, 5.74) is -0.555. The lowest BCUT2D eigenvalue weighted by Crippen LogP contribution is -2.17. The molecular weight excluding hydrogens is 194 g/mol. The van der Waals surface area contributed by atoms with Crippen LogP contribution in [0.15, 0.2) is 21.8 Å². The quantitative estimate of drug-likeness (QED) is 0.667. The number of rotatable bonds is 1. The highest BCUT2D eigenvalue weighted by atomic mass is 32.2. The van der Waals surface area contributed by atoms with Crippen LogP contribution in [-0.4, -0.2) is 24.3 Å². The summed E-state index contributed by atoms with van der Waals surface area (Å²) in [6, 6.07) is 2.01. The molecule has 0 radical (unpaired) electrons. The standard InChI is InChI=1S/C7H9NO4S/c1-8-6(9)3-5(4-7(8)10)13(2,11)12/h3-4,9H,1-2H3. The highest BCUT2D eigenvalue weighted by Gasteiger charge is 2.10. The van der Waals surface area contributed by atoms with Gasteiger partial charge in [-0.25, -0.2) is 8.42 Å². The van der Waals surface area contributed by atoms with E-state index in [0.29, 0.717) is 0 Å². The molecular formula is C7H9NO4S. The maximum Gasteiger partial charge on any atom is 0.254 e. The van der Waals surface area contributed by atoms with E-state index in [1.807, 2.05) is 0 Å². The van der Waals surface area contributed by atoms with Crippen molar-refractivity contribution in [3.63, 3.8) is 0 Å². The minimum atomic E-state index is -3.44. The van der Waals surface area contributed by atoms with Crippen molar-refractivity contribution in [1.82, 2.24) is 4.57 Å². The SMILES string of the molecule is Cn1c(O)cc(S(C)(=O)=O)cc1=O. The van der Waals surface area contributed by atoms with Gasteiger partial charge in [-0.15, -0.1) is 0 Å². The van der Waals surface area contributed by atoms with Gasteiger partial charge in [0.1, 0.15) is 0 Å². The lowest BCUT2D eigenvalue weighted by Gasteiger charge is -2.02. The number of nitrogens with zero attached hydrogens (tertiary/aromatic N) is 1. The first-order valence-corrected chi connectivity index (χ1v) is 5.31. The van der Waals surface area contributed by atoms with Crippen LogP contribution in [0.5, 0.6) is 5.88 Å². The van der Waals surface area contributed by atoms with Gasteiger partial charge in [0.15, 0.2) is 15.7 Å². The molecule has 0 atom stereocenters. The molecule has 0 fully saturated rings. The van der Waals surface area contributed by atoms with Crippen molar-refractivity contribution < 1.29 is 13.5 Å². The number of sulfone groups is 1.